The van der Waals surface area contributed by atoms with Crippen LogP contribution in [0.3, 0.4) is 0 Å². The number of piperazine rings is 1. The topological polar surface area (TPSA) is 92.6 Å². The van der Waals surface area contributed by atoms with E-state index in [0.29, 0.717) is 36.8 Å². The zero-order valence-corrected chi connectivity index (χ0v) is 19.7. The van der Waals surface area contributed by atoms with Gasteiger partial charge in [0, 0.05) is 52.5 Å². The van der Waals surface area contributed by atoms with Crippen LogP contribution in [0.2, 0.25) is 0 Å². The Bertz CT molecular complexity index is 1060. The molecule has 0 saturated carbocycles. The molecule has 4 rings (SSSR count). The van der Waals surface area contributed by atoms with Crippen molar-refractivity contribution in [1.82, 2.24) is 29.9 Å². The molecule has 0 atom stereocenters. The van der Waals surface area contributed by atoms with Crippen molar-refractivity contribution in [2.24, 2.45) is 7.05 Å². The molecule has 0 spiro atoms. The highest BCUT2D eigenvalue weighted by Crippen LogP contribution is 2.29. The molecule has 0 unspecified atom stereocenters. The number of thiazole rings is 1. The summed E-state index contributed by atoms with van der Waals surface area (Å²) >= 11 is 3.08. The minimum Gasteiger partial charge on any atom is -0.479 e. The fourth-order valence-electron chi connectivity index (χ4n) is 3.56. The van der Waals surface area contributed by atoms with Crippen LogP contribution in [0, 0.1) is 0 Å². The maximum atomic E-state index is 12.8. The van der Waals surface area contributed by atoms with Gasteiger partial charge in [-0.15, -0.1) is 16.4 Å². The highest BCUT2D eigenvalue weighted by atomic mass is 32.2. The van der Waals surface area contributed by atoms with Crippen LogP contribution in [0.25, 0.3) is 10.2 Å². The summed E-state index contributed by atoms with van der Waals surface area (Å²) in [6, 6.07) is 7.98. The molecule has 3 aromatic rings. The van der Waals surface area contributed by atoms with Crippen LogP contribution in [0.5, 0.6) is 5.88 Å². The molecule has 0 bridgehead atoms. The molecule has 0 radical (unpaired) electrons. The number of aromatic nitrogens is 3. The molecular formula is C21H26N6O3S2. The second-order valence-electron chi connectivity index (χ2n) is 7.45. The highest BCUT2D eigenvalue weighted by Gasteiger charge is 2.26. The quantitative estimate of drug-likeness (QED) is 0.497. The Morgan fingerprint density at radius 3 is 2.75 bits per heavy atom. The van der Waals surface area contributed by atoms with E-state index in [1.807, 2.05) is 29.2 Å². The van der Waals surface area contributed by atoms with Crippen molar-refractivity contribution >= 4 is 45.1 Å². The van der Waals surface area contributed by atoms with E-state index in [-0.39, 0.29) is 11.8 Å². The van der Waals surface area contributed by atoms with Gasteiger partial charge in [-0.2, -0.15) is 0 Å². The van der Waals surface area contributed by atoms with E-state index in [2.05, 4.69) is 20.3 Å². The van der Waals surface area contributed by atoms with Crippen LogP contribution >= 0.6 is 23.1 Å². The van der Waals surface area contributed by atoms with Crippen molar-refractivity contribution in [1.29, 1.82) is 0 Å². The molecule has 11 heteroatoms. The molecule has 3 heterocycles. The van der Waals surface area contributed by atoms with Gasteiger partial charge in [-0.3, -0.25) is 19.2 Å². The number of hydrogen-bond acceptors (Lipinski definition) is 8. The minimum atomic E-state index is -0.0604. The van der Waals surface area contributed by atoms with Crippen molar-refractivity contribution in [3.05, 3.63) is 36.0 Å². The average molecular weight is 475 g/mol. The van der Waals surface area contributed by atoms with Crippen molar-refractivity contribution < 1.29 is 14.3 Å². The number of ether oxygens (including phenoxy) is 1. The Balaban J connectivity index is 1.15. The predicted octanol–water partition coefficient (Wildman–Crippen LogP) is 1.70. The molecule has 9 nitrogen and oxygen atoms in total. The van der Waals surface area contributed by atoms with Gasteiger partial charge in [0.25, 0.3) is 5.91 Å². The Morgan fingerprint density at radius 2 is 2.00 bits per heavy atom. The molecule has 170 valence electrons. The monoisotopic (exact) mass is 474 g/mol. The van der Waals surface area contributed by atoms with Gasteiger partial charge in [0.2, 0.25) is 11.8 Å². The van der Waals surface area contributed by atoms with Gasteiger partial charge in [0.1, 0.15) is 5.56 Å². The molecule has 1 saturated heterocycles. The fraction of sp³-hybridized carbons (Fsp3) is 0.429. The number of amides is 2. The van der Waals surface area contributed by atoms with Crippen LogP contribution in [0.15, 0.2) is 34.8 Å². The molecule has 1 aliphatic rings. The molecule has 2 aromatic heterocycles. The summed E-state index contributed by atoms with van der Waals surface area (Å²) in [4.78, 5) is 33.6. The predicted molar refractivity (Wildman–Crippen MR) is 125 cm³/mol. The van der Waals surface area contributed by atoms with Gasteiger partial charge in [-0.05, 0) is 12.1 Å². The van der Waals surface area contributed by atoms with Gasteiger partial charge in [-0.1, -0.05) is 23.9 Å². The number of benzene rings is 1. The second kappa shape index (κ2) is 10.3. The smallest absolute Gasteiger partial charge is 0.261 e. The van der Waals surface area contributed by atoms with Crippen molar-refractivity contribution in [2.45, 2.75) is 4.34 Å². The third-order valence-corrected chi connectivity index (χ3v) is 7.41. The third-order valence-electron chi connectivity index (χ3n) is 5.23. The van der Waals surface area contributed by atoms with Crippen molar-refractivity contribution in [2.75, 3.05) is 52.1 Å². The second-order valence-corrected chi connectivity index (χ2v) is 9.70. The maximum absolute atomic E-state index is 12.8. The molecule has 1 N–H and O–H groups in total. The van der Waals surface area contributed by atoms with E-state index in [9.17, 15) is 9.59 Å². The van der Waals surface area contributed by atoms with E-state index in [4.69, 9.17) is 4.74 Å². The normalized spacial score (nSPS) is 14.6. The SMILES string of the molecule is COc1nn(C)cc1C(=O)N1CCN(CCNC(=O)CSc2nc3ccccc3s2)CC1. The number of thioether (sulfide) groups is 1. The summed E-state index contributed by atoms with van der Waals surface area (Å²) in [7, 11) is 3.28. The molecule has 32 heavy (non-hydrogen) atoms. The standard InChI is InChI=1S/C21H26N6O3S2/c1-25-13-15(19(24-25)30-2)20(29)27-11-9-26(10-12-27)8-7-22-18(28)14-31-21-23-16-5-3-4-6-17(16)32-21/h3-6,13H,7-12,14H2,1-2H3,(H,22,28). The van der Waals surface area contributed by atoms with E-state index in [1.54, 1.807) is 29.3 Å². The first-order chi connectivity index (χ1) is 15.5. The summed E-state index contributed by atoms with van der Waals surface area (Å²) in [5.41, 5.74) is 1.46. The number of hydrogen-bond donors (Lipinski definition) is 1. The first-order valence-corrected chi connectivity index (χ1v) is 12.2. The number of nitrogens with zero attached hydrogens (tertiary/aromatic N) is 5. The summed E-state index contributed by atoms with van der Waals surface area (Å²) in [5, 5.41) is 7.13. The van der Waals surface area contributed by atoms with Crippen LogP contribution in [0.1, 0.15) is 10.4 Å². The Kier molecular flexibility index (Phi) is 7.28. The van der Waals surface area contributed by atoms with Gasteiger partial charge >= 0.3 is 0 Å². The number of rotatable bonds is 8. The molecular weight excluding hydrogens is 448 g/mol. The van der Waals surface area contributed by atoms with Gasteiger partial charge in [-0.25, -0.2) is 4.98 Å². The Morgan fingerprint density at radius 1 is 1.22 bits per heavy atom. The zero-order valence-electron chi connectivity index (χ0n) is 18.1. The van der Waals surface area contributed by atoms with Crippen molar-refractivity contribution in [3.8, 4) is 5.88 Å². The summed E-state index contributed by atoms with van der Waals surface area (Å²) in [6.45, 7) is 4.16. The molecule has 1 aromatic carbocycles. The lowest BCUT2D eigenvalue weighted by Crippen LogP contribution is -2.50. The van der Waals surface area contributed by atoms with Crippen molar-refractivity contribution in [3.63, 3.8) is 0 Å². The number of carbonyl (C=O) groups is 2. The molecule has 2 amide bonds. The van der Waals surface area contributed by atoms with E-state index < -0.39 is 0 Å². The van der Waals surface area contributed by atoms with Crippen LogP contribution in [-0.2, 0) is 11.8 Å². The maximum Gasteiger partial charge on any atom is 0.261 e. The van der Waals surface area contributed by atoms with E-state index >= 15 is 0 Å². The first-order valence-electron chi connectivity index (χ1n) is 10.4. The number of methoxy groups -OCH3 is 1. The van der Waals surface area contributed by atoms with Crippen LogP contribution in [-0.4, -0.2) is 88.5 Å². The third kappa shape index (κ3) is 5.40. The zero-order chi connectivity index (χ0) is 22.5. The largest absolute Gasteiger partial charge is 0.479 e. The lowest BCUT2D eigenvalue weighted by molar-refractivity contribution is -0.118. The number of nitrogens with one attached hydrogen (secondary N) is 1. The molecule has 1 fully saturated rings. The number of aryl methyl sites for hydroxylation is 1. The van der Waals surface area contributed by atoms with Crippen LogP contribution in [0.4, 0.5) is 0 Å². The number of carbonyl (C=O) groups excluding carboxylic acids is 2. The summed E-state index contributed by atoms with van der Waals surface area (Å²) < 4.78 is 8.83. The number of fused-ring (bicyclic) bond motifs is 1. The molecule has 1 aliphatic heterocycles. The van der Waals surface area contributed by atoms with Crippen LogP contribution < -0.4 is 10.1 Å². The van der Waals surface area contributed by atoms with Gasteiger partial charge in [0.05, 0.1) is 23.1 Å². The summed E-state index contributed by atoms with van der Waals surface area (Å²) in [6.07, 6.45) is 1.69. The number of para-hydroxylation sites is 1. The van der Waals surface area contributed by atoms with Gasteiger partial charge in [0.15, 0.2) is 4.34 Å². The highest BCUT2D eigenvalue weighted by molar-refractivity contribution is 8.01. The molecule has 0 aliphatic carbocycles. The first kappa shape index (κ1) is 22.6. The fourth-order valence-corrected chi connectivity index (χ4v) is 5.45. The van der Waals surface area contributed by atoms with Gasteiger partial charge < -0.3 is 15.0 Å². The average Bonchev–Trinajstić information content (AvgIpc) is 3.40. The van der Waals surface area contributed by atoms with E-state index in [1.165, 1.54) is 18.9 Å². The summed E-state index contributed by atoms with van der Waals surface area (Å²) in [5.74, 6) is 0.655. The minimum absolute atomic E-state index is 0.00624. The Labute approximate surface area is 194 Å². The Hall–Kier alpha value is -2.63. The lowest BCUT2D eigenvalue weighted by atomic mass is 10.2. The lowest BCUT2D eigenvalue weighted by Gasteiger charge is -2.34. The van der Waals surface area contributed by atoms with E-state index in [0.717, 1.165) is 34.2 Å².